The molecule has 1 aliphatic heterocycles. The molecule has 0 fully saturated rings. The second-order valence-corrected chi connectivity index (χ2v) is 7.39. The Kier molecular flexibility index (Phi) is 4.00. The summed E-state index contributed by atoms with van der Waals surface area (Å²) in [5.41, 5.74) is 6.12. The molecule has 0 saturated heterocycles. The molecule has 1 atom stereocenters. The number of amidine groups is 1. The molecule has 3 nitrogen and oxygen atoms in total. The number of nitrogens with zero attached hydrogens (tertiary/aromatic N) is 2. The van der Waals surface area contributed by atoms with Crippen molar-refractivity contribution >= 4 is 40.5 Å². The molecule has 0 bridgehead atoms. The van der Waals surface area contributed by atoms with Crippen molar-refractivity contribution in [3.05, 3.63) is 62.3 Å². The van der Waals surface area contributed by atoms with Gasteiger partial charge in [0.05, 0.1) is 17.1 Å². The van der Waals surface area contributed by atoms with Crippen molar-refractivity contribution in [1.29, 1.82) is 5.26 Å². The Morgan fingerprint density at radius 3 is 2.64 bits per heavy atom. The lowest BCUT2D eigenvalue weighted by atomic mass is 9.82. The van der Waals surface area contributed by atoms with Crippen molar-refractivity contribution < 1.29 is 0 Å². The highest BCUT2D eigenvalue weighted by Crippen LogP contribution is 2.45. The fourth-order valence-electron chi connectivity index (χ4n) is 2.28. The number of hydrogen-bond donors (Lipinski definition) is 1. The number of nitrogens with two attached hydrogens (primary N) is 1. The molecule has 2 aromatic rings. The van der Waals surface area contributed by atoms with Gasteiger partial charge in [0.1, 0.15) is 10.9 Å². The van der Waals surface area contributed by atoms with Gasteiger partial charge in [0.2, 0.25) is 0 Å². The normalized spacial score (nSPS) is 20.9. The van der Waals surface area contributed by atoms with Gasteiger partial charge in [-0.2, -0.15) is 5.26 Å². The SMILES string of the molecule is CC1(c2cccs2)C(N)=NC(Sc2ccc(Cl)cc2)=C1C#N. The second-order valence-electron chi connectivity index (χ2n) is 4.95. The van der Waals surface area contributed by atoms with Gasteiger partial charge >= 0.3 is 0 Å². The number of benzene rings is 1. The van der Waals surface area contributed by atoms with Crippen LogP contribution in [-0.2, 0) is 5.41 Å². The first-order chi connectivity index (χ1) is 10.6. The molecule has 0 amide bonds. The number of thiophene rings is 1. The maximum Gasteiger partial charge on any atom is 0.118 e. The Bertz CT molecular complexity index is 801. The molecule has 0 aliphatic carbocycles. The zero-order valence-electron chi connectivity index (χ0n) is 11.7. The molecule has 0 saturated carbocycles. The van der Waals surface area contributed by atoms with E-state index in [0.717, 1.165) is 9.77 Å². The van der Waals surface area contributed by atoms with Gasteiger partial charge in [-0.1, -0.05) is 29.4 Å². The summed E-state index contributed by atoms with van der Waals surface area (Å²) in [5.74, 6) is 0.461. The van der Waals surface area contributed by atoms with Crippen LogP contribution in [0.25, 0.3) is 0 Å². The van der Waals surface area contributed by atoms with Gasteiger partial charge in [0, 0.05) is 14.8 Å². The monoisotopic (exact) mass is 345 g/mol. The van der Waals surface area contributed by atoms with Gasteiger partial charge in [-0.25, -0.2) is 4.99 Å². The summed E-state index contributed by atoms with van der Waals surface area (Å²) in [7, 11) is 0. The van der Waals surface area contributed by atoms with Crippen LogP contribution in [0.4, 0.5) is 0 Å². The predicted octanol–water partition coefficient (Wildman–Crippen LogP) is 4.56. The molecule has 110 valence electrons. The molecule has 22 heavy (non-hydrogen) atoms. The van der Waals surface area contributed by atoms with Crippen molar-refractivity contribution in [2.75, 3.05) is 0 Å². The van der Waals surface area contributed by atoms with Crippen LogP contribution in [-0.4, -0.2) is 5.84 Å². The van der Waals surface area contributed by atoms with Crippen molar-refractivity contribution in [2.24, 2.45) is 10.7 Å². The van der Waals surface area contributed by atoms with Crippen LogP contribution in [0.1, 0.15) is 11.8 Å². The minimum Gasteiger partial charge on any atom is -0.386 e. The molecule has 0 radical (unpaired) electrons. The van der Waals surface area contributed by atoms with Gasteiger partial charge in [0.15, 0.2) is 0 Å². The highest BCUT2D eigenvalue weighted by atomic mass is 35.5. The lowest BCUT2D eigenvalue weighted by Gasteiger charge is -2.22. The van der Waals surface area contributed by atoms with E-state index in [0.29, 0.717) is 21.5 Å². The highest BCUT2D eigenvalue weighted by molar-refractivity contribution is 8.03. The minimum atomic E-state index is -0.641. The second kappa shape index (κ2) is 5.81. The topological polar surface area (TPSA) is 62.2 Å². The van der Waals surface area contributed by atoms with Crippen LogP contribution >= 0.6 is 34.7 Å². The van der Waals surface area contributed by atoms with Crippen LogP contribution in [0.3, 0.4) is 0 Å². The molecule has 1 aromatic carbocycles. The Balaban J connectivity index is 2.03. The number of rotatable bonds is 3. The molecule has 2 heterocycles. The summed E-state index contributed by atoms with van der Waals surface area (Å²) >= 11 is 8.91. The molecule has 1 aliphatic rings. The van der Waals surface area contributed by atoms with E-state index in [1.807, 2.05) is 48.7 Å². The van der Waals surface area contributed by atoms with Crippen molar-refractivity contribution in [2.45, 2.75) is 17.2 Å². The molecule has 3 rings (SSSR count). The molecule has 1 unspecified atom stereocenters. The molecule has 6 heteroatoms. The third-order valence-corrected chi connectivity index (χ3v) is 5.94. The third kappa shape index (κ3) is 2.44. The van der Waals surface area contributed by atoms with Gasteiger partial charge in [0.25, 0.3) is 0 Å². The zero-order chi connectivity index (χ0) is 15.7. The summed E-state index contributed by atoms with van der Waals surface area (Å²) in [4.78, 5) is 6.45. The molecule has 1 aromatic heterocycles. The predicted molar refractivity (Wildman–Crippen MR) is 93.2 cm³/mol. The van der Waals surface area contributed by atoms with Crippen LogP contribution in [0.5, 0.6) is 0 Å². The summed E-state index contributed by atoms with van der Waals surface area (Å²) < 4.78 is 0. The quantitative estimate of drug-likeness (QED) is 0.887. The van der Waals surface area contributed by atoms with Crippen molar-refractivity contribution in [1.82, 2.24) is 0 Å². The van der Waals surface area contributed by atoms with E-state index < -0.39 is 5.41 Å². The average molecular weight is 346 g/mol. The number of halogens is 1. The Morgan fingerprint density at radius 2 is 2.05 bits per heavy atom. The summed E-state index contributed by atoms with van der Waals surface area (Å²) in [6.45, 7) is 1.95. The largest absolute Gasteiger partial charge is 0.386 e. The Hall–Kier alpha value is -1.74. The molecular formula is C16H12ClN3S2. The van der Waals surface area contributed by atoms with Crippen LogP contribution in [0.2, 0.25) is 5.02 Å². The Labute approximate surface area is 142 Å². The van der Waals surface area contributed by atoms with Crippen LogP contribution in [0.15, 0.2) is 62.3 Å². The van der Waals surface area contributed by atoms with Crippen molar-refractivity contribution in [3.63, 3.8) is 0 Å². The minimum absolute atomic E-state index is 0.461. The summed E-state index contributed by atoms with van der Waals surface area (Å²) in [6.07, 6.45) is 0. The van der Waals surface area contributed by atoms with E-state index in [9.17, 15) is 5.26 Å². The lowest BCUT2D eigenvalue weighted by molar-refractivity contribution is 0.802. The van der Waals surface area contributed by atoms with E-state index in [1.165, 1.54) is 11.8 Å². The van der Waals surface area contributed by atoms with Gasteiger partial charge in [-0.15, -0.1) is 11.3 Å². The van der Waals surface area contributed by atoms with Gasteiger partial charge in [-0.3, -0.25) is 0 Å². The first kappa shape index (κ1) is 15.2. The fraction of sp³-hybridized carbons (Fsp3) is 0.125. The number of hydrogen-bond acceptors (Lipinski definition) is 5. The third-order valence-electron chi connectivity index (χ3n) is 3.60. The van der Waals surface area contributed by atoms with E-state index in [-0.39, 0.29) is 0 Å². The smallest absolute Gasteiger partial charge is 0.118 e. The van der Waals surface area contributed by atoms with Gasteiger partial charge in [-0.05, 0) is 42.6 Å². The maximum atomic E-state index is 9.64. The number of aliphatic imine (C=N–C) groups is 1. The van der Waals surface area contributed by atoms with Crippen LogP contribution < -0.4 is 5.73 Å². The average Bonchev–Trinajstić information content (AvgIpc) is 3.11. The first-order valence-corrected chi connectivity index (χ1v) is 8.60. The number of nitriles is 1. The highest BCUT2D eigenvalue weighted by Gasteiger charge is 2.43. The molecule has 0 spiro atoms. The Morgan fingerprint density at radius 1 is 1.32 bits per heavy atom. The fourth-order valence-corrected chi connectivity index (χ4v) is 4.30. The summed E-state index contributed by atoms with van der Waals surface area (Å²) in [6, 6.07) is 13.7. The zero-order valence-corrected chi connectivity index (χ0v) is 14.1. The van der Waals surface area contributed by atoms with Crippen molar-refractivity contribution in [3.8, 4) is 6.07 Å². The van der Waals surface area contributed by atoms with Gasteiger partial charge < -0.3 is 5.73 Å². The van der Waals surface area contributed by atoms with E-state index >= 15 is 0 Å². The van der Waals surface area contributed by atoms with E-state index in [4.69, 9.17) is 17.3 Å². The van der Waals surface area contributed by atoms with Crippen LogP contribution in [0, 0.1) is 11.3 Å². The lowest BCUT2D eigenvalue weighted by Crippen LogP contribution is -2.36. The first-order valence-electron chi connectivity index (χ1n) is 6.52. The number of thioether (sulfide) groups is 1. The standard InChI is InChI=1S/C16H12ClN3S2/c1-16(13-3-2-8-21-13)12(9-18)14(20-15(16)19)22-11-6-4-10(17)5-7-11/h2-8H,1H3,(H2,19,20). The van der Waals surface area contributed by atoms with E-state index in [1.54, 1.807) is 11.3 Å². The summed E-state index contributed by atoms with van der Waals surface area (Å²) in [5, 5.41) is 13.0. The maximum absolute atomic E-state index is 9.64. The van der Waals surface area contributed by atoms with E-state index in [2.05, 4.69) is 11.1 Å². The molecule has 2 N–H and O–H groups in total. The molecular weight excluding hydrogens is 334 g/mol.